The van der Waals surface area contributed by atoms with Crippen molar-refractivity contribution in [3.8, 4) is 0 Å². The minimum atomic E-state index is -0.851. The predicted octanol–water partition coefficient (Wildman–Crippen LogP) is 2.23. The largest absolute Gasteiger partial charge is 0.444 e. The van der Waals surface area contributed by atoms with E-state index >= 15 is 0 Å². The van der Waals surface area contributed by atoms with Gasteiger partial charge in [0.25, 0.3) is 0 Å². The van der Waals surface area contributed by atoms with Crippen LogP contribution in [0.1, 0.15) is 65.7 Å². The van der Waals surface area contributed by atoms with Gasteiger partial charge in [0.1, 0.15) is 5.60 Å². The molecule has 3 unspecified atom stereocenters. The maximum Gasteiger partial charge on any atom is 0.407 e. The molecule has 7 nitrogen and oxygen atoms in total. The molecule has 0 aromatic carbocycles. The molecule has 0 radical (unpaired) electrons. The van der Waals surface area contributed by atoms with Crippen molar-refractivity contribution < 1.29 is 13.7 Å². The summed E-state index contributed by atoms with van der Waals surface area (Å²) in [4.78, 5) is 14.1. The van der Waals surface area contributed by atoms with Gasteiger partial charge in [-0.1, -0.05) is 0 Å². The summed E-state index contributed by atoms with van der Waals surface area (Å²) in [5.74, 6) is 1.37. The number of nitrogens with two attached hydrogens (primary N) is 1. The Hall–Kier alpha value is -0.700. The lowest BCUT2D eigenvalue weighted by molar-refractivity contribution is 0.0525. The molecule has 3 fully saturated rings. The zero-order valence-electron chi connectivity index (χ0n) is 18.4. The summed E-state index contributed by atoms with van der Waals surface area (Å²) in [5.41, 5.74) is 5.70. The van der Waals surface area contributed by atoms with Crippen LogP contribution in [0.4, 0.5) is 4.79 Å². The molecule has 3 aliphatic heterocycles. The normalized spacial score (nSPS) is 30.3. The van der Waals surface area contributed by atoms with E-state index < -0.39 is 16.6 Å². The van der Waals surface area contributed by atoms with Gasteiger partial charge in [-0.2, -0.15) is 0 Å². The number of carbonyl (C=O) groups excluding carboxylic acids is 1. The second-order valence-electron chi connectivity index (χ2n) is 10.0. The van der Waals surface area contributed by atoms with E-state index in [4.69, 9.17) is 10.5 Å². The van der Waals surface area contributed by atoms with Crippen LogP contribution in [0, 0.1) is 5.92 Å². The molecule has 8 heteroatoms. The fraction of sp³-hybridized carbons (Fsp3) is 0.952. The Bertz CT molecular complexity index is 561. The van der Waals surface area contributed by atoms with Crippen molar-refractivity contribution in [2.75, 3.05) is 31.9 Å². The highest BCUT2D eigenvalue weighted by molar-refractivity contribution is 7.82. The standard InChI is InChI=1S/C21H40N4O3S/c1-21(2,3)28-20(26)23-9-4-10-24-11-7-16(8-12-24)15-29(27)25-18-5-6-19(25)14-17(22)13-18/h16-19H,4-15,22H2,1-3H3,(H,23,26). The van der Waals surface area contributed by atoms with E-state index in [0.717, 1.165) is 57.5 Å². The molecule has 3 atom stereocenters. The minimum absolute atomic E-state index is 0.300. The van der Waals surface area contributed by atoms with Crippen molar-refractivity contribution in [1.29, 1.82) is 0 Å². The molecule has 2 bridgehead atoms. The first-order valence-electron chi connectivity index (χ1n) is 11.3. The maximum atomic E-state index is 13.0. The van der Waals surface area contributed by atoms with Gasteiger partial charge in [-0.3, -0.25) is 0 Å². The molecule has 1 amide bonds. The molecule has 0 aliphatic carbocycles. The van der Waals surface area contributed by atoms with Crippen molar-refractivity contribution in [1.82, 2.24) is 14.5 Å². The third-order valence-electron chi connectivity index (χ3n) is 6.34. The van der Waals surface area contributed by atoms with Crippen LogP contribution in [0.3, 0.4) is 0 Å². The van der Waals surface area contributed by atoms with Crippen molar-refractivity contribution in [3.05, 3.63) is 0 Å². The molecule has 0 aromatic rings. The molecule has 3 heterocycles. The lowest BCUT2D eigenvalue weighted by Gasteiger charge is -2.38. The van der Waals surface area contributed by atoms with Crippen LogP contribution < -0.4 is 11.1 Å². The number of nitrogens with zero attached hydrogens (tertiary/aromatic N) is 2. The zero-order chi connectivity index (χ0) is 21.0. The summed E-state index contributed by atoms with van der Waals surface area (Å²) in [6, 6.07) is 1.19. The third kappa shape index (κ3) is 6.91. The van der Waals surface area contributed by atoms with E-state index in [1.54, 1.807) is 0 Å². The average Bonchev–Trinajstić information content (AvgIpc) is 2.90. The van der Waals surface area contributed by atoms with Crippen molar-refractivity contribution in [3.63, 3.8) is 0 Å². The molecule has 3 N–H and O–H groups in total. The number of fused-ring (bicyclic) bond motifs is 2. The molecule has 3 saturated heterocycles. The van der Waals surface area contributed by atoms with Gasteiger partial charge in [0.15, 0.2) is 0 Å². The summed E-state index contributed by atoms with van der Waals surface area (Å²) in [6.07, 6.45) is 7.18. The van der Waals surface area contributed by atoms with Gasteiger partial charge in [-0.25, -0.2) is 13.3 Å². The Balaban J connectivity index is 1.30. The topological polar surface area (TPSA) is 87.9 Å². The number of hydrogen-bond acceptors (Lipinski definition) is 5. The van der Waals surface area contributed by atoms with Gasteiger partial charge in [-0.05, 0) is 91.3 Å². The predicted molar refractivity (Wildman–Crippen MR) is 117 cm³/mol. The molecule has 0 spiro atoms. The number of likely N-dealkylation sites (tertiary alicyclic amines) is 1. The highest BCUT2D eigenvalue weighted by Crippen LogP contribution is 2.37. The first-order valence-corrected chi connectivity index (χ1v) is 12.6. The molecular formula is C21H40N4O3S. The van der Waals surface area contributed by atoms with E-state index in [9.17, 15) is 9.00 Å². The highest BCUT2D eigenvalue weighted by atomic mass is 32.2. The number of hydrogen-bond donors (Lipinski definition) is 2. The van der Waals surface area contributed by atoms with Crippen molar-refractivity contribution in [2.45, 2.75) is 89.4 Å². The number of ether oxygens (including phenoxy) is 1. The molecule has 29 heavy (non-hydrogen) atoms. The summed E-state index contributed by atoms with van der Waals surface area (Å²) in [7, 11) is -0.851. The number of carbonyl (C=O) groups is 1. The first-order chi connectivity index (χ1) is 13.7. The van der Waals surface area contributed by atoms with Crippen LogP contribution in [-0.2, 0) is 15.7 Å². The summed E-state index contributed by atoms with van der Waals surface area (Å²) in [5, 5.41) is 2.82. The van der Waals surface area contributed by atoms with E-state index in [1.165, 1.54) is 12.8 Å². The van der Waals surface area contributed by atoms with Crippen molar-refractivity contribution >= 4 is 17.1 Å². The van der Waals surface area contributed by atoms with Crippen molar-refractivity contribution in [2.24, 2.45) is 11.7 Å². The number of amides is 1. The number of rotatable bonds is 7. The minimum Gasteiger partial charge on any atom is -0.444 e. The van der Waals surface area contributed by atoms with E-state index in [0.29, 0.717) is 30.6 Å². The van der Waals surface area contributed by atoms with Gasteiger partial charge in [0.2, 0.25) is 0 Å². The smallest absolute Gasteiger partial charge is 0.407 e. The average molecular weight is 429 g/mol. The molecular weight excluding hydrogens is 388 g/mol. The maximum absolute atomic E-state index is 13.0. The highest BCUT2D eigenvalue weighted by Gasteiger charge is 2.43. The van der Waals surface area contributed by atoms with E-state index in [2.05, 4.69) is 14.5 Å². The van der Waals surface area contributed by atoms with E-state index in [1.807, 2.05) is 20.8 Å². The lowest BCUT2D eigenvalue weighted by atomic mass is 9.99. The van der Waals surface area contributed by atoms with E-state index in [-0.39, 0.29) is 6.09 Å². The van der Waals surface area contributed by atoms with Gasteiger partial charge in [-0.15, -0.1) is 0 Å². The van der Waals surface area contributed by atoms with Gasteiger partial charge < -0.3 is 20.7 Å². The summed E-state index contributed by atoms with van der Waals surface area (Å²) < 4.78 is 20.6. The van der Waals surface area contributed by atoms with Crippen LogP contribution in [0.25, 0.3) is 0 Å². The summed E-state index contributed by atoms with van der Waals surface area (Å²) >= 11 is 0. The molecule has 168 valence electrons. The molecule has 3 rings (SSSR count). The quantitative estimate of drug-likeness (QED) is 0.607. The van der Waals surface area contributed by atoms with Crippen LogP contribution in [0.5, 0.6) is 0 Å². The van der Waals surface area contributed by atoms with Crippen LogP contribution in [0.15, 0.2) is 0 Å². The lowest BCUT2D eigenvalue weighted by Crippen LogP contribution is -2.49. The number of nitrogens with one attached hydrogen (secondary N) is 1. The Morgan fingerprint density at radius 3 is 2.34 bits per heavy atom. The fourth-order valence-corrected chi connectivity index (χ4v) is 6.94. The number of piperidine rings is 2. The molecule has 3 aliphatic rings. The van der Waals surface area contributed by atoms with Crippen LogP contribution >= 0.6 is 0 Å². The monoisotopic (exact) mass is 428 g/mol. The summed E-state index contributed by atoms with van der Waals surface area (Å²) in [6.45, 7) is 9.36. The molecule has 0 aromatic heterocycles. The Morgan fingerprint density at radius 1 is 1.14 bits per heavy atom. The van der Waals surface area contributed by atoms with Crippen LogP contribution in [-0.4, -0.2) is 75.2 Å². The van der Waals surface area contributed by atoms with Gasteiger partial charge >= 0.3 is 6.09 Å². The third-order valence-corrected chi connectivity index (χ3v) is 8.17. The molecule has 0 saturated carbocycles. The Morgan fingerprint density at radius 2 is 1.76 bits per heavy atom. The van der Waals surface area contributed by atoms with Gasteiger partial charge in [0.05, 0.1) is 11.0 Å². The SMILES string of the molecule is CC(C)(C)OC(=O)NCCCN1CCC(CS(=O)N2C3CCC2CC(N)C3)CC1. The second-order valence-corrected chi connectivity index (χ2v) is 11.4. The van der Waals surface area contributed by atoms with Crippen LogP contribution in [0.2, 0.25) is 0 Å². The van der Waals surface area contributed by atoms with Gasteiger partial charge in [0, 0.05) is 30.4 Å². The Labute approximate surface area is 178 Å². The number of alkyl carbamates (subject to hydrolysis) is 1. The first kappa shape index (κ1) is 23.0. The zero-order valence-corrected chi connectivity index (χ0v) is 19.2. The fourth-order valence-electron chi connectivity index (χ4n) is 4.98. The second kappa shape index (κ2) is 10.1. The Kier molecular flexibility index (Phi) is 7.98.